The quantitative estimate of drug-likeness (QED) is 0.246. The van der Waals surface area contributed by atoms with Crippen molar-refractivity contribution < 1.29 is 14.0 Å². The van der Waals surface area contributed by atoms with E-state index < -0.39 is 11.8 Å². The molecule has 0 radical (unpaired) electrons. The van der Waals surface area contributed by atoms with E-state index in [2.05, 4.69) is 15.5 Å². The number of halogens is 4. The largest absolute Gasteiger partial charge is 0.331 e. The lowest BCUT2D eigenvalue weighted by Gasteiger charge is -2.37. The molecule has 0 aliphatic carbocycles. The smallest absolute Gasteiger partial charge is 0.224 e. The van der Waals surface area contributed by atoms with Crippen LogP contribution in [0.5, 0.6) is 0 Å². The Bertz CT molecular complexity index is 909. The molecule has 0 saturated carbocycles. The highest BCUT2D eigenvalue weighted by Gasteiger charge is 2.43. The third-order valence-corrected chi connectivity index (χ3v) is 5.62. The molecule has 0 amide bonds. The van der Waals surface area contributed by atoms with E-state index in [9.17, 15) is 14.0 Å². The van der Waals surface area contributed by atoms with Crippen LogP contribution >= 0.6 is 23.2 Å². The summed E-state index contributed by atoms with van der Waals surface area (Å²) < 4.78 is 28.2. The molecule has 2 aliphatic rings. The van der Waals surface area contributed by atoms with Gasteiger partial charge < -0.3 is 4.90 Å². The molecule has 5 nitrogen and oxygen atoms in total. The van der Waals surface area contributed by atoms with Gasteiger partial charge in [0.2, 0.25) is 11.9 Å². The van der Waals surface area contributed by atoms with Crippen molar-refractivity contribution in [2.45, 2.75) is 31.3 Å². The van der Waals surface area contributed by atoms with Gasteiger partial charge in [-0.1, -0.05) is 23.2 Å². The lowest BCUT2D eigenvalue weighted by Crippen LogP contribution is -2.47. The number of nitrogens with zero attached hydrogens (tertiary/aromatic N) is 3. The molecule has 2 unspecified atom stereocenters. The van der Waals surface area contributed by atoms with Gasteiger partial charge in [0, 0.05) is 17.8 Å². The summed E-state index contributed by atoms with van der Waals surface area (Å²) >= 11 is 11.7. The number of aliphatic imine (C=N–C) groups is 1. The number of benzene rings is 1. The summed E-state index contributed by atoms with van der Waals surface area (Å²) in [5.74, 6) is -1.05. The van der Waals surface area contributed by atoms with Crippen LogP contribution in [0, 0.1) is 11.8 Å². The minimum atomic E-state index is -0.660. The Hall–Kier alpha value is -1.96. The van der Waals surface area contributed by atoms with Crippen molar-refractivity contribution in [3.05, 3.63) is 57.3 Å². The zero-order valence-corrected chi connectivity index (χ0v) is 14.9. The minimum absolute atomic E-state index is 0.0537. The highest BCUT2D eigenvalue weighted by Crippen LogP contribution is 2.44. The molecule has 1 aromatic heterocycles. The van der Waals surface area contributed by atoms with Crippen LogP contribution in [-0.2, 0) is 6.42 Å². The molecule has 4 rings (SSSR count). The van der Waals surface area contributed by atoms with E-state index in [4.69, 9.17) is 23.2 Å². The molecule has 9 heteroatoms. The van der Waals surface area contributed by atoms with E-state index in [1.54, 1.807) is 6.07 Å². The van der Waals surface area contributed by atoms with Crippen LogP contribution in [-0.4, -0.2) is 27.1 Å². The summed E-state index contributed by atoms with van der Waals surface area (Å²) in [6, 6.07) is 3.88. The predicted octanol–water partition coefficient (Wildman–Crippen LogP) is 4.39. The van der Waals surface area contributed by atoms with Crippen molar-refractivity contribution in [1.82, 2.24) is 15.4 Å². The van der Waals surface area contributed by atoms with Crippen LogP contribution in [0.25, 0.3) is 0 Å². The summed E-state index contributed by atoms with van der Waals surface area (Å²) in [6.45, 7) is 0. The molecule has 1 fully saturated rings. The molecule has 2 N–H and O–H groups in total. The standard InChI is InChI=1S/C17H14Cl2F2N4O/c18-11-6-13(20)14(7-12(11)19)23-17(24-26)25-8-1-2-15(25)9-3-4-22-16(21)10(9)5-8/h3-4,6-8,15,26H,1-2,5H2,(H,23,24). The van der Waals surface area contributed by atoms with Gasteiger partial charge in [0.05, 0.1) is 16.1 Å². The number of guanidine groups is 1. The number of pyridine rings is 1. The number of aromatic nitrogens is 1. The number of hydrogen-bond acceptors (Lipinski definition) is 3. The van der Waals surface area contributed by atoms with E-state index >= 15 is 0 Å². The van der Waals surface area contributed by atoms with Gasteiger partial charge in [-0.25, -0.2) is 19.8 Å². The Kier molecular flexibility index (Phi) is 4.46. The van der Waals surface area contributed by atoms with Crippen molar-refractivity contribution >= 4 is 34.8 Å². The van der Waals surface area contributed by atoms with Gasteiger partial charge in [-0.2, -0.15) is 4.39 Å². The minimum Gasteiger partial charge on any atom is -0.331 e. The first kappa shape index (κ1) is 17.5. The predicted molar refractivity (Wildman–Crippen MR) is 93.9 cm³/mol. The molecule has 1 aromatic carbocycles. The van der Waals surface area contributed by atoms with Crippen LogP contribution in [0.1, 0.15) is 30.0 Å². The molecule has 2 aromatic rings. The molecule has 136 valence electrons. The average Bonchev–Trinajstić information content (AvgIpc) is 2.92. The van der Waals surface area contributed by atoms with Crippen molar-refractivity contribution in [2.24, 2.45) is 4.99 Å². The fraction of sp³-hybridized carbons (Fsp3) is 0.294. The van der Waals surface area contributed by atoms with Crippen molar-refractivity contribution in [3.63, 3.8) is 0 Å². The molecule has 1 saturated heterocycles. The van der Waals surface area contributed by atoms with Gasteiger partial charge in [0.15, 0.2) is 5.82 Å². The van der Waals surface area contributed by atoms with Gasteiger partial charge in [0.25, 0.3) is 0 Å². The topological polar surface area (TPSA) is 60.8 Å². The lowest BCUT2D eigenvalue weighted by molar-refractivity contribution is 0.187. The van der Waals surface area contributed by atoms with Crippen molar-refractivity contribution in [1.29, 1.82) is 0 Å². The Morgan fingerprint density at radius 3 is 2.81 bits per heavy atom. The maximum absolute atomic E-state index is 14.2. The lowest BCUT2D eigenvalue weighted by atomic mass is 9.95. The third-order valence-electron chi connectivity index (χ3n) is 4.90. The first-order chi connectivity index (χ1) is 12.5. The molecule has 26 heavy (non-hydrogen) atoms. The van der Waals surface area contributed by atoms with E-state index in [1.807, 2.05) is 4.90 Å². The van der Waals surface area contributed by atoms with Crippen LogP contribution in [0.3, 0.4) is 0 Å². The zero-order valence-electron chi connectivity index (χ0n) is 13.4. The van der Waals surface area contributed by atoms with Gasteiger partial charge in [-0.05, 0) is 43.0 Å². The molecule has 2 bridgehead atoms. The maximum atomic E-state index is 14.2. The van der Waals surface area contributed by atoms with Crippen LogP contribution in [0.4, 0.5) is 14.5 Å². The van der Waals surface area contributed by atoms with Gasteiger partial charge in [0.1, 0.15) is 5.69 Å². The highest BCUT2D eigenvalue weighted by molar-refractivity contribution is 6.42. The molecule has 0 spiro atoms. The number of hydroxylamine groups is 1. The van der Waals surface area contributed by atoms with E-state index in [1.165, 1.54) is 12.3 Å². The Morgan fingerprint density at radius 2 is 2.04 bits per heavy atom. The average molecular weight is 399 g/mol. The Morgan fingerprint density at radius 1 is 1.27 bits per heavy atom. The van der Waals surface area contributed by atoms with Gasteiger partial charge >= 0.3 is 0 Å². The van der Waals surface area contributed by atoms with E-state index in [-0.39, 0.29) is 33.8 Å². The van der Waals surface area contributed by atoms with Gasteiger partial charge in [-0.15, -0.1) is 0 Å². The highest BCUT2D eigenvalue weighted by atomic mass is 35.5. The van der Waals surface area contributed by atoms with E-state index in [0.29, 0.717) is 12.0 Å². The monoisotopic (exact) mass is 398 g/mol. The molecular weight excluding hydrogens is 385 g/mol. The first-order valence-electron chi connectivity index (χ1n) is 8.04. The first-order valence-corrected chi connectivity index (χ1v) is 8.80. The molecular formula is C17H14Cl2F2N4O. The van der Waals surface area contributed by atoms with Crippen molar-refractivity contribution in [3.8, 4) is 0 Å². The fourth-order valence-corrected chi connectivity index (χ4v) is 4.10. The molecule has 2 atom stereocenters. The van der Waals surface area contributed by atoms with Crippen LogP contribution in [0.2, 0.25) is 10.0 Å². The normalized spacial score (nSPS) is 21.7. The number of rotatable bonds is 1. The number of fused-ring (bicyclic) bond motifs is 4. The molecule has 2 aliphatic heterocycles. The second-order valence-corrected chi connectivity index (χ2v) is 7.11. The zero-order chi connectivity index (χ0) is 18.4. The number of nitrogens with one attached hydrogen (secondary N) is 1. The summed E-state index contributed by atoms with van der Waals surface area (Å²) in [7, 11) is 0. The van der Waals surface area contributed by atoms with Crippen molar-refractivity contribution in [2.75, 3.05) is 0 Å². The summed E-state index contributed by atoms with van der Waals surface area (Å²) in [6.07, 6.45) is 3.43. The maximum Gasteiger partial charge on any atom is 0.224 e. The third kappa shape index (κ3) is 2.80. The SMILES string of the molecule is ONC(=Nc1cc(Cl)c(Cl)cc1F)N1C2CCC1c1ccnc(F)c1C2. The van der Waals surface area contributed by atoms with E-state index in [0.717, 1.165) is 24.5 Å². The van der Waals surface area contributed by atoms with Crippen LogP contribution < -0.4 is 5.48 Å². The second kappa shape index (κ2) is 6.64. The Balaban J connectivity index is 1.76. The number of hydrogen-bond donors (Lipinski definition) is 2. The summed E-state index contributed by atoms with van der Waals surface area (Å²) in [5.41, 5.74) is 3.40. The van der Waals surface area contributed by atoms with Gasteiger partial charge in [-0.3, -0.25) is 5.21 Å². The van der Waals surface area contributed by atoms with Crippen LogP contribution in [0.15, 0.2) is 29.4 Å². The summed E-state index contributed by atoms with van der Waals surface area (Å²) in [4.78, 5) is 9.76. The second-order valence-electron chi connectivity index (χ2n) is 6.29. The Labute approximate surface area is 158 Å². The molecule has 3 heterocycles. The summed E-state index contributed by atoms with van der Waals surface area (Å²) in [5, 5.41) is 9.87. The fourth-order valence-electron chi connectivity index (χ4n) is 3.79.